The maximum atomic E-state index is 15.0. The second-order valence-corrected chi connectivity index (χ2v) is 6.59. The third-order valence-corrected chi connectivity index (χ3v) is 4.83. The van der Waals surface area contributed by atoms with Crippen LogP contribution in [0.25, 0.3) is 16.6 Å². The number of benzene rings is 2. The summed E-state index contributed by atoms with van der Waals surface area (Å²) < 4.78 is 31.1. The molecule has 1 atom stereocenters. The molecular weight excluding hydrogens is 338 g/mol. The molecule has 1 aromatic heterocycles. The molecule has 1 saturated heterocycles. The lowest BCUT2D eigenvalue weighted by atomic mass is 9.88. The number of piperidine rings is 1. The van der Waals surface area contributed by atoms with Crippen LogP contribution in [-0.2, 0) is 5.67 Å². The van der Waals surface area contributed by atoms with Crippen molar-refractivity contribution >= 4 is 16.8 Å². The van der Waals surface area contributed by atoms with Crippen LogP contribution in [0.2, 0.25) is 0 Å². The molecule has 0 bridgehead atoms. The first-order chi connectivity index (χ1) is 12.5. The van der Waals surface area contributed by atoms with Gasteiger partial charge in [0.25, 0.3) is 5.91 Å². The molecule has 0 unspecified atom stereocenters. The van der Waals surface area contributed by atoms with Crippen LogP contribution in [0.5, 0.6) is 0 Å². The number of amides is 1. The van der Waals surface area contributed by atoms with Crippen molar-refractivity contribution in [3.8, 4) is 5.69 Å². The van der Waals surface area contributed by atoms with Crippen molar-refractivity contribution in [3.05, 3.63) is 59.5 Å². The number of nitrogens with two attached hydrogens (primary N) is 1. The van der Waals surface area contributed by atoms with Crippen LogP contribution in [0, 0.1) is 5.82 Å². The Balaban J connectivity index is 1.75. The minimum Gasteiger partial charge on any atom is -0.366 e. The Hall–Kier alpha value is -2.80. The molecule has 0 radical (unpaired) electrons. The molecule has 26 heavy (non-hydrogen) atoms. The molecule has 0 aliphatic carbocycles. The fraction of sp³-hybridized carbons (Fsp3) is 0.263. The maximum absolute atomic E-state index is 15.0. The van der Waals surface area contributed by atoms with Crippen LogP contribution in [0.15, 0.2) is 42.6 Å². The third kappa shape index (κ3) is 2.74. The first kappa shape index (κ1) is 16.7. The molecule has 3 N–H and O–H groups in total. The molecule has 2 heterocycles. The Kier molecular flexibility index (Phi) is 3.96. The van der Waals surface area contributed by atoms with E-state index in [-0.39, 0.29) is 12.1 Å². The number of fused-ring (bicyclic) bond motifs is 1. The second kappa shape index (κ2) is 6.17. The van der Waals surface area contributed by atoms with Crippen LogP contribution < -0.4 is 11.1 Å². The van der Waals surface area contributed by atoms with E-state index in [4.69, 9.17) is 5.73 Å². The topological polar surface area (TPSA) is 72.9 Å². The molecule has 0 saturated carbocycles. The number of carbonyl (C=O) groups is 1. The Labute approximate surface area is 148 Å². The summed E-state index contributed by atoms with van der Waals surface area (Å²) in [7, 11) is 0. The summed E-state index contributed by atoms with van der Waals surface area (Å²) in [4.78, 5) is 11.5. The minimum atomic E-state index is -1.70. The molecule has 1 amide bonds. The van der Waals surface area contributed by atoms with E-state index in [1.165, 1.54) is 16.8 Å². The van der Waals surface area contributed by atoms with Crippen molar-refractivity contribution in [1.82, 2.24) is 15.1 Å². The van der Waals surface area contributed by atoms with Gasteiger partial charge in [0.05, 0.1) is 11.3 Å². The molecule has 1 fully saturated rings. The van der Waals surface area contributed by atoms with Gasteiger partial charge in [-0.05, 0) is 37.6 Å². The van der Waals surface area contributed by atoms with Crippen LogP contribution >= 0.6 is 0 Å². The summed E-state index contributed by atoms with van der Waals surface area (Å²) in [5, 5.41) is 8.04. The van der Waals surface area contributed by atoms with Gasteiger partial charge in [0.2, 0.25) is 0 Å². The lowest BCUT2D eigenvalue weighted by Gasteiger charge is -2.30. The van der Waals surface area contributed by atoms with Crippen molar-refractivity contribution in [2.45, 2.75) is 18.5 Å². The lowest BCUT2D eigenvalue weighted by Crippen LogP contribution is -2.40. The molecule has 5 nitrogen and oxygen atoms in total. The van der Waals surface area contributed by atoms with E-state index >= 15 is 4.39 Å². The lowest BCUT2D eigenvalue weighted by molar-refractivity contribution is 0.100. The fourth-order valence-corrected chi connectivity index (χ4v) is 3.48. The average molecular weight is 356 g/mol. The summed E-state index contributed by atoms with van der Waals surface area (Å²) in [5.41, 5.74) is 4.93. The number of nitrogens with zero attached hydrogens (tertiary/aromatic N) is 2. The standard InChI is InChI=1S/C19H18F2N4O/c20-16-9-13(5-6-15(16)19(21)7-2-8-23-11-19)25-10-12-3-1-4-14(18(22)26)17(12)24-25/h1,3-6,9-10,23H,2,7-8,11H2,(H2,22,26)/t19-/m1/s1. The normalized spacial score (nSPS) is 20.4. The van der Waals surface area contributed by atoms with Crippen LogP contribution in [0.3, 0.4) is 0 Å². The van der Waals surface area contributed by atoms with Gasteiger partial charge >= 0.3 is 0 Å². The highest BCUT2D eigenvalue weighted by Crippen LogP contribution is 2.35. The zero-order chi connectivity index (χ0) is 18.3. The van der Waals surface area contributed by atoms with Crippen molar-refractivity contribution in [3.63, 3.8) is 0 Å². The monoisotopic (exact) mass is 356 g/mol. The van der Waals surface area contributed by atoms with E-state index in [9.17, 15) is 9.18 Å². The van der Waals surface area contributed by atoms with E-state index in [2.05, 4.69) is 10.4 Å². The van der Waals surface area contributed by atoms with E-state index in [1.807, 2.05) is 0 Å². The number of halogens is 2. The first-order valence-corrected chi connectivity index (χ1v) is 8.46. The number of nitrogens with one attached hydrogen (secondary N) is 1. The number of carbonyl (C=O) groups excluding carboxylic acids is 1. The summed E-state index contributed by atoms with van der Waals surface area (Å²) in [5.74, 6) is -1.19. The third-order valence-electron chi connectivity index (χ3n) is 4.83. The molecule has 134 valence electrons. The van der Waals surface area contributed by atoms with E-state index in [1.54, 1.807) is 30.5 Å². The Morgan fingerprint density at radius 3 is 2.85 bits per heavy atom. The van der Waals surface area contributed by atoms with Gasteiger partial charge in [-0.1, -0.05) is 18.2 Å². The van der Waals surface area contributed by atoms with Gasteiger partial charge in [-0.25, -0.2) is 13.5 Å². The zero-order valence-electron chi connectivity index (χ0n) is 14.0. The minimum absolute atomic E-state index is 0.0583. The second-order valence-electron chi connectivity index (χ2n) is 6.59. The Morgan fingerprint density at radius 2 is 2.15 bits per heavy atom. The first-order valence-electron chi connectivity index (χ1n) is 8.46. The van der Waals surface area contributed by atoms with Crippen molar-refractivity contribution in [2.24, 2.45) is 5.73 Å². The maximum Gasteiger partial charge on any atom is 0.250 e. The van der Waals surface area contributed by atoms with Crippen LogP contribution in [0.4, 0.5) is 8.78 Å². The van der Waals surface area contributed by atoms with Crippen LogP contribution in [0.1, 0.15) is 28.8 Å². The molecule has 0 spiro atoms. The van der Waals surface area contributed by atoms with E-state index in [0.717, 1.165) is 6.54 Å². The number of rotatable bonds is 3. The molecule has 4 rings (SSSR count). The molecule has 2 aromatic carbocycles. The summed E-state index contributed by atoms with van der Waals surface area (Å²) >= 11 is 0. The Morgan fingerprint density at radius 1 is 1.31 bits per heavy atom. The molecule has 3 aromatic rings. The van der Waals surface area contributed by atoms with Gasteiger partial charge in [-0.3, -0.25) is 4.79 Å². The van der Waals surface area contributed by atoms with Crippen LogP contribution in [-0.4, -0.2) is 28.8 Å². The SMILES string of the molecule is NC(=O)c1cccc2cn(-c3ccc([C@@]4(F)CCCNC4)c(F)c3)nc12. The summed E-state index contributed by atoms with van der Waals surface area (Å²) in [6.07, 6.45) is 2.64. The quantitative estimate of drug-likeness (QED) is 0.758. The van der Waals surface area contributed by atoms with Crippen molar-refractivity contribution < 1.29 is 13.6 Å². The predicted octanol–water partition coefficient (Wildman–Crippen LogP) is 2.81. The molecule has 1 aliphatic rings. The van der Waals surface area contributed by atoms with Gasteiger partial charge in [0.1, 0.15) is 11.3 Å². The number of hydrogen-bond acceptors (Lipinski definition) is 3. The zero-order valence-corrected chi connectivity index (χ0v) is 14.0. The van der Waals surface area contributed by atoms with Gasteiger partial charge in [-0.15, -0.1) is 0 Å². The highest BCUT2D eigenvalue weighted by molar-refractivity contribution is 6.04. The Bertz CT molecular complexity index is 992. The number of primary amides is 1. The molecule has 7 heteroatoms. The predicted molar refractivity (Wildman–Crippen MR) is 94.4 cm³/mol. The number of alkyl halides is 1. The van der Waals surface area contributed by atoms with Crippen molar-refractivity contribution in [2.75, 3.05) is 13.1 Å². The van der Waals surface area contributed by atoms with Gasteiger partial charge < -0.3 is 11.1 Å². The number of hydrogen-bond donors (Lipinski definition) is 2. The van der Waals surface area contributed by atoms with Gasteiger partial charge in [0.15, 0.2) is 5.67 Å². The fourth-order valence-electron chi connectivity index (χ4n) is 3.48. The van der Waals surface area contributed by atoms with E-state index in [0.29, 0.717) is 35.0 Å². The average Bonchev–Trinajstić information content (AvgIpc) is 3.06. The largest absolute Gasteiger partial charge is 0.366 e. The van der Waals surface area contributed by atoms with E-state index < -0.39 is 17.4 Å². The highest BCUT2D eigenvalue weighted by atomic mass is 19.1. The van der Waals surface area contributed by atoms with Crippen molar-refractivity contribution in [1.29, 1.82) is 0 Å². The van der Waals surface area contributed by atoms with Gasteiger partial charge in [0, 0.05) is 23.7 Å². The highest BCUT2D eigenvalue weighted by Gasteiger charge is 2.36. The smallest absolute Gasteiger partial charge is 0.250 e. The van der Waals surface area contributed by atoms with Gasteiger partial charge in [-0.2, -0.15) is 5.10 Å². The number of aromatic nitrogens is 2. The molecule has 1 aliphatic heterocycles. The summed E-state index contributed by atoms with van der Waals surface area (Å²) in [6.45, 7) is 0.852. The molecular formula is C19H18F2N4O. The summed E-state index contributed by atoms with van der Waals surface area (Å²) in [6, 6.07) is 9.46.